The predicted octanol–water partition coefficient (Wildman–Crippen LogP) is 2.54. The van der Waals surface area contributed by atoms with Crippen LogP contribution in [0.5, 0.6) is 0 Å². The van der Waals surface area contributed by atoms with Crippen LogP contribution >= 0.6 is 11.3 Å². The zero-order valence-electron chi connectivity index (χ0n) is 14.2. The van der Waals surface area contributed by atoms with E-state index in [0.29, 0.717) is 31.0 Å². The third-order valence-corrected chi connectivity index (χ3v) is 5.30. The van der Waals surface area contributed by atoms with Gasteiger partial charge in [0.15, 0.2) is 10.9 Å². The van der Waals surface area contributed by atoms with E-state index in [4.69, 9.17) is 9.26 Å². The number of carbonyl (C=O) groups excluding carboxylic acids is 1. The van der Waals surface area contributed by atoms with Crippen molar-refractivity contribution in [2.75, 3.05) is 44.3 Å². The molecule has 7 nitrogen and oxygen atoms in total. The van der Waals surface area contributed by atoms with E-state index in [1.54, 1.807) is 0 Å². The number of hydrogen-bond acceptors (Lipinski definition) is 7. The Bertz CT molecular complexity index is 941. The molecule has 2 aromatic heterocycles. The molecule has 1 saturated heterocycles. The van der Waals surface area contributed by atoms with Crippen LogP contribution in [0.4, 0.5) is 13.9 Å². The molecule has 0 saturated carbocycles. The van der Waals surface area contributed by atoms with E-state index in [9.17, 15) is 13.6 Å². The van der Waals surface area contributed by atoms with Crippen LogP contribution in [0, 0.1) is 11.6 Å². The zero-order chi connectivity index (χ0) is 18.8. The monoisotopic (exact) mass is 394 g/mol. The van der Waals surface area contributed by atoms with Crippen molar-refractivity contribution in [1.82, 2.24) is 15.0 Å². The van der Waals surface area contributed by atoms with Crippen molar-refractivity contribution < 1.29 is 22.8 Å². The fourth-order valence-corrected chi connectivity index (χ4v) is 3.90. The Kier molecular flexibility index (Phi) is 5.10. The molecule has 0 radical (unpaired) electrons. The number of anilines is 1. The van der Waals surface area contributed by atoms with Crippen LogP contribution in [0.15, 0.2) is 28.9 Å². The molecule has 0 N–H and O–H groups in total. The standard InChI is InChI=1S/C17H16F2N4O3S/c18-11-9-12(19)15-14(10-11)27-17(21-15)23(16(24)13-1-2-20-26-13)4-3-22-5-7-25-8-6-22/h1-2,9-10H,3-8H2. The lowest BCUT2D eigenvalue weighted by molar-refractivity contribution is 0.0390. The second-order valence-electron chi connectivity index (χ2n) is 6.02. The van der Waals surface area contributed by atoms with Crippen molar-refractivity contribution in [3.05, 3.63) is 41.8 Å². The summed E-state index contributed by atoms with van der Waals surface area (Å²) >= 11 is 1.05. The summed E-state index contributed by atoms with van der Waals surface area (Å²) in [5.41, 5.74) is 0.0399. The molecule has 0 unspecified atom stereocenters. The van der Waals surface area contributed by atoms with Gasteiger partial charge in [-0.1, -0.05) is 16.5 Å². The lowest BCUT2D eigenvalue weighted by Gasteiger charge is -2.28. The number of rotatable bonds is 5. The number of aromatic nitrogens is 2. The second-order valence-corrected chi connectivity index (χ2v) is 7.03. The summed E-state index contributed by atoms with van der Waals surface area (Å²) in [6, 6.07) is 3.44. The molecule has 10 heteroatoms. The van der Waals surface area contributed by atoms with E-state index in [1.807, 2.05) is 0 Å². The van der Waals surface area contributed by atoms with Crippen LogP contribution in [-0.2, 0) is 4.74 Å². The Balaban J connectivity index is 1.64. The SMILES string of the molecule is O=C(c1ccno1)N(CCN1CCOCC1)c1nc2c(F)cc(F)cc2s1. The minimum Gasteiger partial charge on any atom is -0.379 e. The van der Waals surface area contributed by atoms with E-state index >= 15 is 0 Å². The summed E-state index contributed by atoms with van der Waals surface area (Å²) in [6.45, 7) is 3.73. The number of carbonyl (C=O) groups is 1. The highest BCUT2D eigenvalue weighted by Gasteiger charge is 2.25. The van der Waals surface area contributed by atoms with Gasteiger partial charge in [-0.05, 0) is 6.07 Å². The maximum Gasteiger partial charge on any atom is 0.298 e. The zero-order valence-corrected chi connectivity index (χ0v) is 15.0. The van der Waals surface area contributed by atoms with Gasteiger partial charge >= 0.3 is 0 Å². The third-order valence-electron chi connectivity index (χ3n) is 4.27. The third kappa shape index (κ3) is 3.82. The number of thiazole rings is 1. The molecule has 0 atom stereocenters. The summed E-state index contributed by atoms with van der Waals surface area (Å²) in [4.78, 5) is 20.7. The molecule has 0 bridgehead atoms. The highest BCUT2D eigenvalue weighted by molar-refractivity contribution is 7.22. The summed E-state index contributed by atoms with van der Waals surface area (Å²) in [7, 11) is 0. The smallest absolute Gasteiger partial charge is 0.298 e. The first kappa shape index (κ1) is 18.0. The van der Waals surface area contributed by atoms with Crippen LogP contribution in [0.25, 0.3) is 10.2 Å². The van der Waals surface area contributed by atoms with Crippen molar-refractivity contribution >= 4 is 32.6 Å². The molecular formula is C17H16F2N4O3S. The number of benzene rings is 1. The summed E-state index contributed by atoms with van der Waals surface area (Å²) in [5, 5.41) is 3.84. The molecule has 3 aromatic rings. The Morgan fingerprint density at radius 1 is 1.30 bits per heavy atom. The van der Waals surface area contributed by atoms with Gasteiger partial charge in [0.25, 0.3) is 5.91 Å². The van der Waals surface area contributed by atoms with Gasteiger partial charge in [0.2, 0.25) is 5.76 Å². The molecular weight excluding hydrogens is 378 g/mol. The van der Waals surface area contributed by atoms with Gasteiger partial charge in [-0.25, -0.2) is 13.8 Å². The molecule has 1 amide bonds. The first-order valence-corrected chi connectivity index (χ1v) is 9.22. The average Bonchev–Trinajstić information content (AvgIpc) is 3.32. The van der Waals surface area contributed by atoms with Crippen LogP contribution < -0.4 is 4.90 Å². The first-order chi connectivity index (χ1) is 13.1. The van der Waals surface area contributed by atoms with Crippen LogP contribution in [-0.4, -0.2) is 60.3 Å². The summed E-state index contributed by atoms with van der Waals surface area (Å²) in [6.07, 6.45) is 1.38. The normalized spacial score (nSPS) is 15.3. The number of halogens is 2. The van der Waals surface area contributed by atoms with E-state index < -0.39 is 17.5 Å². The minimum absolute atomic E-state index is 0.0399. The molecule has 1 aromatic carbocycles. The highest BCUT2D eigenvalue weighted by atomic mass is 32.1. The summed E-state index contributed by atoms with van der Waals surface area (Å²) in [5.74, 6) is -1.81. The van der Waals surface area contributed by atoms with Crippen LogP contribution in [0.1, 0.15) is 10.6 Å². The fourth-order valence-electron chi connectivity index (χ4n) is 2.87. The van der Waals surface area contributed by atoms with E-state index in [2.05, 4.69) is 15.0 Å². The molecule has 1 aliphatic rings. The van der Waals surface area contributed by atoms with Crippen molar-refractivity contribution in [2.24, 2.45) is 0 Å². The first-order valence-electron chi connectivity index (χ1n) is 8.40. The highest BCUT2D eigenvalue weighted by Crippen LogP contribution is 2.31. The van der Waals surface area contributed by atoms with Gasteiger partial charge < -0.3 is 9.26 Å². The number of amides is 1. The molecule has 27 heavy (non-hydrogen) atoms. The quantitative estimate of drug-likeness (QED) is 0.662. The predicted molar refractivity (Wildman–Crippen MR) is 95.0 cm³/mol. The van der Waals surface area contributed by atoms with Crippen molar-refractivity contribution in [2.45, 2.75) is 0 Å². The molecule has 4 rings (SSSR count). The molecule has 0 aliphatic carbocycles. The molecule has 0 spiro atoms. The van der Waals surface area contributed by atoms with Crippen LogP contribution in [0.3, 0.4) is 0 Å². The van der Waals surface area contributed by atoms with Gasteiger partial charge in [0.05, 0.1) is 24.1 Å². The Labute approximate surface area is 157 Å². The lowest BCUT2D eigenvalue weighted by Crippen LogP contribution is -2.43. The number of nitrogens with zero attached hydrogens (tertiary/aromatic N) is 4. The Morgan fingerprint density at radius 2 is 2.11 bits per heavy atom. The average molecular weight is 394 g/mol. The molecule has 1 fully saturated rings. The van der Waals surface area contributed by atoms with Gasteiger partial charge in [-0.2, -0.15) is 0 Å². The largest absolute Gasteiger partial charge is 0.379 e. The van der Waals surface area contributed by atoms with Gasteiger partial charge in [-0.3, -0.25) is 14.6 Å². The molecule has 3 heterocycles. The van der Waals surface area contributed by atoms with Crippen molar-refractivity contribution in [1.29, 1.82) is 0 Å². The Morgan fingerprint density at radius 3 is 2.85 bits per heavy atom. The Hall–Kier alpha value is -2.43. The molecule has 142 valence electrons. The van der Waals surface area contributed by atoms with E-state index in [-0.39, 0.29) is 16.4 Å². The van der Waals surface area contributed by atoms with E-state index in [1.165, 1.54) is 23.2 Å². The number of morpholine rings is 1. The molecule has 1 aliphatic heterocycles. The van der Waals surface area contributed by atoms with Gasteiger partial charge in [-0.15, -0.1) is 0 Å². The van der Waals surface area contributed by atoms with E-state index in [0.717, 1.165) is 30.5 Å². The number of fused-ring (bicyclic) bond motifs is 1. The van der Waals surface area contributed by atoms with Crippen molar-refractivity contribution in [3.63, 3.8) is 0 Å². The minimum atomic E-state index is -0.757. The maximum absolute atomic E-state index is 14.0. The fraction of sp³-hybridized carbons (Fsp3) is 0.353. The van der Waals surface area contributed by atoms with Crippen molar-refractivity contribution in [3.8, 4) is 0 Å². The van der Waals surface area contributed by atoms with Crippen LogP contribution in [0.2, 0.25) is 0 Å². The lowest BCUT2D eigenvalue weighted by atomic mass is 10.3. The number of ether oxygens (including phenoxy) is 1. The second kappa shape index (κ2) is 7.67. The topological polar surface area (TPSA) is 71.7 Å². The summed E-state index contributed by atoms with van der Waals surface area (Å²) < 4.78 is 38.2. The van der Waals surface area contributed by atoms with Gasteiger partial charge in [0.1, 0.15) is 11.3 Å². The maximum atomic E-state index is 14.0. The van der Waals surface area contributed by atoms with Gasteiger partial charge in [0, 0.05) is 38.3 Å². The number of hydrogen-bond donors (Lipinski definition) is 0.